The van der Waals surface area contributed by atoms with E-state index in [2.05, 4.69) is 26.6 Å². The van der Waals surface area contributed by atoms with E-state index < -0.39 is 126 Å². The van der Waals surface area contributed by atoms with E-state index >= 15 is 0 Å². The smallest absolute Gasteiger partial charge is 0.329 e. The summed E-state index contributed by atoms with van der Waals surface area (Å²) in [5.74, 6) is -9.77. The highest BCUT2D eigenvalue weighted by Gasteiger charge is 2.47. The quantitative estimate of drug-likeness (QED) is 0.0708. The molecule has 0 spiro atoms. The van der Waals surface area contributed by atoms with Gasteiger partial charge in [0, 0.05) is 19.9 Å². The van der Waals surface area contributed by atoms with E-state index in [-0.39, 0.29) is 44.4 Å². The Morgan fingerprint density at radius 2 is 1.57 bits per heavy atom. The van der Waals surface area contributed by atoms with Crippen LogP contribution >= 0.6 is 0 Å². The number of phenols is 1. The molecule has 1 aromatic rings. The van der Waals surface area contributed by atoms with Gasteiger partial charge >= 0.3 is 11.9 Å². The van der Waals surface area contributed by atoms with Crippen molar-refractivity contribution < 1.29 is 63.2 Å². The van der Waals surface area contributed by atoms with Gasteiger partial charge in [0.15, 0.2) is 0 Å². The summed E-state index contributed by atoms with van der Waals surface area (Å²) in [6, 6.07) is -4.42. The molecule has 10 atom stereocenters. The fourth-order valence-corrected chi connectivity index (χ4v) is 8.05. The van der Waals surface area contributed by atoms with E-state index in [1.165, 1.54) is 26.1 Å². The van der Waals surface area contributed by atoms with Gasteiger partial charge in [0.1, 0.15) is 60.4 Å². The summed E-state index contributed by atoms with van der Waals surface area (Å²) in [4.78, 5) is 127. The van der Waals surface area contributed by atoms with Crippen LogP contribution in [0, 0.1) is 11.8 Å². The number of cyclic esters (lactones) is 1. The van der Waals surface area contributed by atoms with Crippen LogP contribution in [0.15, 0.2) is 24.3 Å². The van der Waals surface area contributed by atoms with Gasteiger partial charge in [-0.2, -0.15) is 0 Å². The number of amides is 7. The van der Waals surface area contributed by atoms with Crippen molar-refractivity contribution in [1.29, 1.82) is 0 Å². The Balaban J connectivity index is 2.22. The SMILES string of the molecule is CCCCCC(=O)N[C@@H](CC(=O)O)C(=O)N[C@@H]1C(=O)N[C@H](CCCCN)C(=O)N[C@H]2CC[C@@H](O)N(C2=O)[C@@H]([C@@H](C)CC)C(=O)N(C)[C@H](Cc2ccc(O)cc2)C(=O)N[C@H](C(C)C)C(=O)O[C@H]1C. The van der Waals surface area contributed by atoms with Crippen LogP contribution in [-0.2, 0) is 54.3 Å². The Bertz CT molecular complexity index is 1900. The number of carboxylic acids is 1. The maximum Gasteiger partial charge on any atom is 0.329 e. The average molecular weight is 945 g/mol. The van der Waals surface area contributed by atoms with Gasteiger partial charge in [0.2, 0.25) is 41.4 Å². The van der Waals surface area contributed by atoms with E-state index in [1.54, 1.807) is 39.8 Å². The molecule has 374 valence electrons. The third-order valence-corrected chi connectivity index (χ3v) is 12.3. The molecule has 2 aliphatic rings. The first-order chi connectivity index (χ1) is 31.6. The number of carbonyl (C=O) groups is 9. The lowest BCUT2D eigenvalue weighted by atomic mass is 9.91. The number of hydrogen-bond donors (Lipinski definition) is 9. The number of benzene rings is 1. The number of ether oxygens (including phenoxy) is 1. The summed E-state index contributed by atoms with van der Waals surface area (Å²) < 4.78 is 5.81. The maximum absolute atomic E-state index is 14.8. The van der Waals surface area contributed by atoms with Gasteiger partial charge in [0.25, 0.3) is 0 Å². The van der Waals surface area contributed by atoms with Crippen molar-refractivity contribution in [3.05, 3.63) is 29.8 Å². The highest BCUT2D eigenvalue weighted by atomic mass is 16.5. The number of aliphatic hydroxyl groups is 1. The van der Waals surface area contributed by atoms with E-state index in [1.807, 2.05) is 6.92 Å². The minimum Gasteiger partial charge on any atom is -0.508 e. The monoisotopic (exact) mass is 945 g/mol. The van der Waals surface area contributed by atoms with Gasteiger partial charge in [-0.05, 0) is 81.5 Å². The van der Waals surface area contributed by atoms with Gasteiger partial charge in [0.05, 0.1) is 6.42 Å². The molecule has 0 aliphatic carbocycles. The predicted molar refractivity (Wildman–Crippen MR) is 243 cm³/mol. The van der Waals surface area contributed by atoms with Crippen molar-refractivity contribution >= 4 is 53.3 Å². The number of likely N-dealkylation sites (N-methyl/N-ethyl adjacent to an activating group) is 1. The number of carboxylic acid groups (broad SMARTS) is 1. The molecule has 2 fully saturated rings. The molecule has 67 heavy (non-hydrogen) atoms. The number of rotatable bonds is 18. The maximum atomic E-state index is 14.8. The summed E-state index contributed by atoms with van der Waals surface area (Å²) in [5.41, 5.74) is 6.25. The second kappa shape index (κ2) is 26.5. The minimum atomic E-state index is -1.83. The van der Waals surface area contributed by atoms with Crippen LogP contribution in [-0.4, -0.2) is 147 Å². The van der Waals surface area contributed by atoms with E-state index in [9.17, 15) is 58.5 Å². The molecule has 2 saturated heterocycles. The van der Waals surface area contributed by atoms with Gasteiger partial charge in [-0.15, -0.1) is 0 Å². The van der Waals surface area contributed by atoms with Crippen molar-refractivity contribution in [1.82, 2.24) is 36.4 Å². The number of unbranched alkanes of at least 4 members (excludes halogenated alkanes) is 3. The minimum absolute atomic E-state index is 0.00464. The lowest BCUT2D eigenvalue weighted by Crippen LogP contribution is -2.66. The first kappa shape index (κ1) is 55.5. The highest BCUT2D eigenvalue weighted by Crippen LogP contribution is 2.28. The number of aromatic hydroxyl groups is 1. The summed E-state index contributed by atoms with van der Waals surface area (Å²) in [6.07, 6.45) is -1.14. The summed E-state index contributed by atoms with van der Waals surface area (Å²) in [5, 5.41) is 43.9. The van der Waals surface area contributed by atoms with E-state index in [0.29, 0.717) is 37.7 Å². The van der Waals surface area contributed by atoms with Crippen molar-refractivity contribution in [2.24, 2.45) is 17.6 Å². The van der Waals surface area contributed by atoms with Crippen molar-refractivity contribution in [3.63, 3.8) is 0 Å². The molecule has 0 unspecified atom stereocenters. The Labute approximate surface area is 392 Å². The number of nitrogens with two attached hydrogens (primary N) is 1. The first-order valence-electron chi connectivity index (χ1n) is 23.3. The normalized spacial score (nSPS) is 25.6. The van der Waals surface area contributed by atoms with E-state index in [0.717, 1.165) is 16.2 Å². The summed E-state index contributed by atoms with van der Waals surface area (Å²) in [6.45, 7) is 10.1. The number of esters is 1. The molecule has 1 aromatic carbocycles. The van der Waals surface area contributed by atoms with Crippen molar-refractivity contribution in [2.75, 3.05) is 13.6 Å². The molecular weight excluding hydrogens is 873 g/mol. The molecule has 7 amide bonds. The number of hydrogen-bond acceptors (Lipinski definition) is 13. The van der Waals surface area contributed by atoms with Crippen LogP contribution in [0.3, 0.4) is 0 Å². The molecule has 2 heterocycles. The number of phenolic OH excluding ortho intramolecular Hbond substituents is 1. The number of carbonyl (C=O) groups excluding carboxylic acids is 8. The Hall–Kier alpha value is -5.83. The molecule has 0 saturated carbocycles. The molecular formula is C46H72N8O13. The third-order valence-electron chi connectivity index (χ3n) is 12.3. The topological polar surface area (TPSA) is 316 Å². The van der Waals surface area contributed by atoms with Crippen LogP contribution in [0.5, 0.6) is 5.75 Å². The molecule has 0 aromatic heterocycles. The van der Waals surface area contributed by atoms with Gasteiger partial charge in [-0.3, -0.25) is 38.4 Å². The van der Waals surface area contributed by atoms with Crippen LogP contribution < -0.4 is 32.3 Å². The fraction of sp³-hybridized carbons (Fsp3) is 0.674. The fourth-order valence-electron chi connectivity index (χ4n) is 8.05. The molecule has 10 N–H and O–H groups in total. The summed E-state index contributed by atoms with van der Waals surface area (Å²) >= 11 is 0. The Kier molecular flexibility index (Phi) is 21.9. The molecule has 21 heteroatoms. The van der Waals surface area contributed by atoms with Crippen molar-refractivity contribution in [2.45, 2.75) is 173 Å². The largest absolute Gasteiger partial charge is 0.508 e. The molecule has 2 bridgehead atoms. The number of nitrogens with one attached hydrogen (secondary N) is 5. The summed E-state index contributed by atoms with van der Waals surface area (Å²) in [7, 11) is 1.36. The molecule has 3 rings (SSSR count). The number of piperidine rings is 1. The number of fused-ring (bicyclic) bond motifs is 2. The van der Waals surface area contributed by atoms with Crippen LogP contribution in [0.2, 0.25) is 0 Å². The lowest BCUT2D eigenvalue weighted by Gasteiger charge is -2.44. The zero-order chi connectivity index (χ0) is 50.1. The lowest BCUT2D eigenvalue weighted by molar-refractivity contribution is -0.168. The first-order valence-corrected chi connectivity index (χ1v) is 23.3. The average Bonchev–Trinajstić information content (AvgIpc) is 3.27. The van der Waals surface area contributed by atoms with E-state index in [4.69, 9.17) is 10.5 Å². The van der Waals surface area contributed by atoms with Gasteiger partial charge < -0.3 is 62.2 Å². The second-order valence-electron chi connectivity index (χ2n) is 17.9. The zero-order valence-electron chi connectivity index (χ0n) is 39.7. The Morgan fingerprint density at radius 3 is 2.16 bits per heavy atom. The third kappa shape index (κ3) is 15.9. The van der Waals surface area contributed by atoms with Crippen molar-refractivity contribution in [3.8, 4) is 5.75 Å². The Morgan fingerprint density at radius 1 is 0.896 bits per heavy atom. The van der Waals surface area contributed by atoms with Crippen LogP contribution in [0.1, 0.15) is 118 Å². The van der Waals surface area contributed by atoms with Crippen LogP contribution in [0.4, 0.5) is 0 Å². The standard InChI is InChI=1S/C46H72N8O13/c1-8-10-11-15-34(56)48-32(24-36(58)59)41(61)52-38-27(6)67-46(66)37(25(3)4)51-42(62)33(23-28-16-18-29(55)19-17-28)53(7)45(65)39(26(5)9-2)54-35(57)21-20-31(44(54)64)50-40(60)30(49-43(38)63)14-12-13-22-47/h16-19,25-27,30-33,35,37-39,55,57H,8-15,20-24,47H2,1-7H3,(H,48,56)(H,49,63)(H,50,60)(H,51,62)(H,52,61)(H,58,59)/t26-,27-,30+,31-,32-,33+,35+,37+,38-,39-/m0/s1. The molecule has 0 radical (unpaired) electrons. The number of nitrogens with zero attached hydrogens (tertiary/aromatic N) is 2. The zero-order valence-corrected chi connectivity index (χ0v) is 39.7. The number of aliphatic hydroxyl groups excluding tert-OH is 1. The number of aliphatic carboxylic acids is 1. The molecule has 2 aliphatic heterocycles. The van der Waals surface area contributed by atoms with Gasteiger partial charge in [-0.1, -0.05) is 66.0 Å². The predicted octanol–water partition coefficient (Wildman–Crippen LogP) is 0.327. The second-order valence-corrected chi connectivity index (χ2v) is 17.9. The highest BCUT2D eigenvalue weighted by molar-refractivity contribution is 5.99. The van der Waals surface area contributed by atoms with Gasteiger partial charge in [-0.25, -0.2) is 4.79 Å². The van der Waals surface area contributed by atoms with Crippen LogP contribution in [0.25, 0.3) is 0 Å². The molecule has 21 nitrogen and oxygen atoms in total.